The van der Waals surface area contributed by atoms with Gasteiger partial charge in [0.05, 0.1) is 5.69 Å². The number of urea groups is 1. The first-order valence-corrected chi connectivity index (χ1v) is 7.38. The average Bonchev–Trinajstić information content (AvgIpc) is 3.10. The normalized spacial score (nSPS) is 10.3. The lowest BCUT2D eigenvalue weighted by molar-refractivity contribution is 0.262. The molecule has 116 valence electrons. The number of carbonyl (C=O) groups is 1. The Morgan fingerprint density at radius 3 is 2.61 bits per heavy atom. The number of nitrogens with zero attached hydrogens (tertiary/aromatic N) is 3. The minimum atomic E-state index is -0.323. The van der Waals surface area contributed by atoms with Crippen LogP contribution >= 0.6 is 0 Å². The predicted octanol–water partition coefficient (Wildman–Crippen LogP) is 3.47. The molecule has 0 aliphatic carbocycles. The van der Waals surface area contributed by atoms with Gasteiger partial charge in [-0.25, -0.2) is 14.5 Å². The third-order valence-electron chi connectivity index (χ3n) is 3.38. The lowest BCUT2D eigenvalue weighted by Gasteiger charge is -2.11. The van der Waals surface area contributed by atoms with E-state index in [9.17, 15) is 4.79 Å². The summed E-state index contributed by atoms with van der Waals surface area (Å²) in [7, 11) is 0. The topological polar surface area (TPSA) is 71.8 Å². The van der Waals surface area contributed by atoms with E-state index >= 15 is 0 Å². The summed E-state index contributed by atoms with van der Waals surface area (Å²) in [5, 5.41) is 9.75. The van der Waals surface area contributed by atoms with E-state index in [1.54, 1.807) is 41.5 Å². The fraction of sp³-hybridized carbons (Fsp3) is 0.118. The summed E-state index contributed by atoms with van der Waals surface area (Å²) in [6.45, 7) is 2.09. The van der Waals surface area contributed by atoms with Gasteiger partial charge < -0.3 is 10.6 Å². The first kappa shape index (κ1) is 14.8. The summed E-state index contributed by atoms with van der Waals surface area (Å²) in [4.78, 5) is 16.4. The summed E-state index contributed by atoms with van der Waals surface area (Å²) in [6.07, 6.45) is 6.06. The van der Waals surface area contributed by atoms with Gasteiger partial charge >= 0.3 is 6.03 Å². The minimum Gasteiger partial charge on any atom is -0.308 e. The molecule has 0 unspecified atom stereocenters. The van der Waals surface area contributed by atoms with Crippen LogP contribution in [-0.2, 0) is 6.42 Å². The molecule has 0 radical (unpaired) electrons. The molecule has 2 aromatic heterocycles. The molecule has 0 saturated heterocycles. The van der Waals surface area contributed by atoms with Gasteiger partial charge in [0.2, 0.25) is 0 Å². The van der Waals surface area contributed by atoms with Gasteiger partial charge in [-0.05, 0) is 42.3 Å². The maximum Gasteiger partial charge on any atom is 0.323 e. The molecule has 2 N–H and O–H groups in total. The Bertz CT molecular complexity index is 781. The highest BCUT2D eigenvalue weighted by Crippen LogP contribution is 2.17. The lowest BCUT2D eigenvalue weighted by atomic mass is 10.1. The molecule has 2 heterocycles. The standard InChI is InChI=1S/C17H17N5O/c1-2-13-6-8-14(9-7-13)20-17(23)21-15-5-3-10-18-16(15)22-12-4-11-19-22/h3-12H,2H2,1H3,(H2,20,21,23). The monoisotopic (exact) mass is 307 g/mol. The van der Waals surface area contributed by atoms with E-state index < -0.39 is 0 Å². The van der Waals surface area contributed by atoms with Gasteiger partial charge in [0.25, 0.3) is 0 Å². The zero-order chi connectivity index (χ0) is 16.1. The van der Waals surface area contributed by atoms with Crippen LogP contribution in [0.3, 0.4) is 0 Å². The van der Waals surface area contributed by atoms with Gasteiger partial charge in [0.1, 0.15) is 0 Å². The van der Waals surface area contributed by atoms with E-state index in [1.807, 2.05) is 24.3 Å². The Morgan fingerprint density at radius 1 is 1.09 bits per heavy atom. The highest BCUT2D eigenvalue weighted by atomic mass is 16.2. The van der Waals surface area contributed by atoms with Crippen LogP contribution in [0.1, 0.15) is 12.5 Å². The Hall–Kier alpha value is -3.15. The highest BCUT2D eigenvalue weighted by molar-refractivity contribution is 6.00. The zero-order valence-electron chi connectivity index (χ0n) is 12.7. The summed E-state index contributed by atoms with van der Waals surface area (Å²) < 4.78 is 1.60. The molecule has 0 atom stereocenters. The van der Waals surface area contributed by atoms with Crippen LogP contribution in [0.5, 0.6) is 0 Å². The van der Waals surface area contributed by atoms with Crippen LogP contribution in [0.4, 0.5) is 16.2 Å². The number of pyridine rings is 1. The second-order valence-corrected chi connectivity index (χ2v) is 4.95. The number of nitrogens with one attached hydrogen (secondary N) is 2. The molecule has 3 aromatic rings. The molecule has 23 heavy (non-hydrogen) atoms. The Labute approximate surface area is 134 Å². The number of anilines is 2. The molecular weight excluding hydrogens is 290 g/mol. The van der Waals surface area contributed by atoms with Crippen LogP contribution in [-0.4, -0.2) is 20.8 Å². The lowest BCUT2D eigenvalue weighted by Crippen LogP contribution is -2.20. The number of aryl methyl sites for hydroxylation is 1. The Morgan fingerprint density at radius 2 is 1.91 bits per heavy atom. The third kappa shape index (κ3) is 3.55. The molecule has 6 heteroatoms. The van der Waals surface area contributed by atoms with Crippen LogP contribution in [0.15, 0.2) is 61.1 Å². The van der Waals surface area contributed by atoms with Gasteiger partial charge in [0.15, 0.2) is 5.82 Å². The van der Waals surface area contributed by atoms with Crippen LogP contribution in [0, 0.1) is 0 Å². The molecule has 2 amide bonds. The summed E-state index contributed by atoms with van der Waals surface area (Å²) >= 11 is 0. The van der Waals surface area contributed by atoms with Crippen LogP contribution < -0.4 is 10.6 Å². The van der Waals surface area contributed by atoms with Crippen molar-refractivity contribution in [1.29, 1.82) is 0 Å². The predicted molar refractivity (Wildman–Crippen MR) is 89.8 cm³/mol. The third-order valence-corrected chi connectivity index (χ3v) is 3.38. The SMILES string of the molecule is CCc1ccc(NC(=O)Nc2cccnc2-n2cccn2)cc1. The smallest absolute Gasteiger partial charge is 0.308 e. The van der Waals surface area contributed by atoms with Crippen molar-refractivity contribution in [2.75, 3.05) is 10.6 Å². The van der Waals surface area contributed by atoms with Gasteiger partial charge in [-0.1, -0.05) is 19.1 Å². The van der Waals surface area contributed by atoms with Gasteiger partial charge in [-0.3, -0.25) is 0 Å². The zero-order valence-corrected chi connectivity index (χ0v) is 12.7. The molecule has 3 rings (SSSR count). The number of hydrogen-bond donors (Lipinski definition) is 2. The van der Waals surface area contributed by atoms with Crippen molar-refractivity contribution in [2.45, 2.75) is 13.3 Å². The minimum absolute atomic E-state index is 0.323. The van der Waals surface area contributed by atoms with E-state index in [1.165, 1.54) is 5.56 Å². The Kier molecular flexibility index (Phi) is 4.33. The van der Waals surface area contributed by atoms with Crippen LogP contribution in [0.25, 0.3) is 5.82 Å². The first-order valence-electron chi connectivity index (χ1n) is 7.38. The van der Waals surface area contributed by atoms with Crippen molar-refractivity contribution in [3.63, 3.8) is 0 Å². The van der Waals surface area contributed by atoms with Crippen molar-refractivity contribution < 1.29 is 4.79 Å². The number of hydrogen-bond acceptors (Lipinski definition) is 3. The first-order chi connectivity index (χ1) is 11.3. The number of benzene rings is 1. The van der Waals surface area contributed by atoms with Gasteiger partial charge in [0, 0.05) is 24.3 Å². The molecule has 0 saturated carbocycles. The molecule has 6 nitrogen and oxygen atoms in total. The largest absolute Gasteiger partial charge is 0.323 e. The van der Waals surface area contributed by atoms with Gasteiger partial charge in [-0.2, -0.15) is 5.10 Å². The second kappa shape index (κ2) is 6.74. The number of rotatable bonds is 4. The van der Waals surface area contributed by atoms with Crippen LogP contribution in [0.2, 0.25) is 0 Å². The summed E-state index contributed by atoms with van der Waals surface area (Å²) in [6, 6.07) is 12.8. The number of aromatic nitrogens is 3. The maximum atomic E-state index is 12.2. The van der Waals surface area contributed by atoms with Crippen molar-refractivity contribution in [3.8, 4) is 5.82 Å². The van der Waals surface area contributed by atoms with Crippen molar-refractivity contribution in [1.82, 2.24) is 14.8 Å². The van der Waals surface area contributed by atoms with Crippen molar-refractivity contribution >= 4 is 17.4 Å². The molecule has 1 aromatic carbocycles. The van der Waals surface area contributed by atoms with E-state index in [-0.39, 0.29) is 6.03 Å². The maximum absolute atomic E-state index is 12.2. The molecule has 0 aliphatic rings. The highest BCUT2D eigenvalue weighted by Gasteiger charge is 2.09. The average molecular weight is 307 g/mol. The van der Waals surface area contributed by atoms with Gasteiger partial charge in [-0.15, -0.1) is 0 Å². The molecular formula is C17H17N5O. The van der Waals surface area contributed by atoms with E-state index in [0.29, 0.717) is 11.5 Å². The number of carbonyl (C=O) groups excluding carboxylic acids is 1. The fourth-order valence-electron chi connectivity index (χ4n) is 2.18. The molecule has 0 fully saturated rings. The molecule has 0 bridgehead atoms. The molecule has 0 spiro atoms. The fourth-order valence-corrected chi connectivity index (χ4v) is 2.18. The van der Waals surface area contributed by atoms with Crippen molar-refractivity contribution in [2.24, 2.45) is 0 Å². The quantitative estimate of drug-likeness (QED) is 0.775. The number of amides is 2. The van der Waals surface area contributed by atoms with E-state index in [4.69, 9.17) is 0 Å². The summed E-state index contributed by atoms with van der Waals surface area (Å²) in [5.41, 5.74) is 2.55. The Balaban J connectivity index is 1.73. The van der Waals surface area contributed by atoms with E-state index in [0.717, 1.165) is 12.1 Å². The van der Waals surface area contributed by atoms with Crippen molar-refractivity contribution in [3.05, 3.63) is 66.6 Å². The summed E-state index contributed by atoms with van der Waals surface area (Å²) in [5.74, 6) is 0.564. The second-order valence-electron chi connectivity index (χ2n) is 4.95. The van der Waals surface area contributed by atoms with E-state index in [2.05, 4.69) is 27.6 Å². The molecule has 0 aliphatic heterocycles.